The van der Waals surface area contributed by atoms with Gasteiger partial charge in [-0.25, -0.2) is 9.78 Å². The normalized spacial score (nSPS) is 13.9. The Morgan fingerprint density at radius 2 is 1.94 bits per heavy atom. The lowest BCUT2D eigenvalue weighted by Gasteiger charge is -2.16. The molecule has 0 bridgehead atoms. The minimum absolute atomic E-state index is 0.0405. The van der Waals surface area contributed by atoms with Crippen molar-refractivity contribution in [2.75, 3.05) is 0 Å². The molecule has 0 fully saturated rings. The van der Waals surface area contributed by atoms with Crippen LogP contribution in [0.3, 0.4) is 0 Å². The number of aliphatic hydroxyl groups excluding tert-OH is 2. The number of aliphatic hydroxyl groups is 2. The van der Waals surface area contributed by atoms with Gasteiger partial charge >= 0.3 is 11.9 Å². The Morgan fingerprint density at radius 1 is 1.33 bits per heavy atom. The van der Waals surface area contributed by atoms with Crippen molar-refractivity contribution in [2.45, 2.75) is 18.6 Å². The second kappa shape index (κ2) is 5.76. The van der Waals surface area contributed by atoms with Gasteiger partial charge in [0.25, 0.3) is 0 Å². The van der Waals surface area contributed by atoms with E-state index in [2.05, 4.69) is 4.98 Å². The van der Waals surface area contributed by atoms with Crippen molar-refractivity contribution in [3.8, 4) is 0 Å². The van der Waals surface area contributed by atoms with Gasteiger partial charge in [0.2, 0.25) is 0 Å². The molecule has 0 aliphatic heterocycles. The van der Waals surface area contributed by atoms with Gasteiger partial charge in [0.1, 0.15) is 6.10 Å². The number of rotatable bonds is 5. The molecule has 0 saturated carbocycles. The first-order valence-corrected chi connectivity index (χ1v) is 5.17. The molecule has 0 spiro atoms. The van der Waals surface area contributed by atoms with E-state index in [1.807, 2.05) is 0 Å². The summed E-state index contributed by atoms with van der Waals surface area (Å²) < 4.78 is 0. The summed E-state index contributed by atoms with van der Waals surface area (Å²) in [5.41, 5.74) is -0.348. The molecular formula is C10H10ClNO6. The molecule has 1 aromatic rings. The SMILES string of the molecule is O=C(O)CC(O)C(O)c1cnc(C(=O)O)c(Cl)c1. The zero-order valence-electron chi connectivity index (χ0n) is 8.95. The van der Waals surface area contributed by atoms with E-state index in [0.717, 1.165) is 12.3 Å². The van der Waals surface area contributed by atoms with Crippen molar-refractivity contribution in [3.05, 3.63) is 28.5 Å². The van der Waals surface area contributed by atoms with Crippen LogP contribution >= 0.6 is 11.6 Å². The predicted octanol–water partition coefficient (Wildman–Crippen LogP) is 0.302. The first-order chi connectivity index (χ1) is 8.32. The molecule has 0 radical (unpaired) electrons. The number of nitrogens with zero attached hydrogens (tertiary/aromatic N) is 1. The molecule has 2 atom stereocenters. The minimum Gasteiger partial charge on any atom is -0.481 e. The Kier molecular flexibility index (Phi) is 4.60. The number of carbonyl (C=O) groups is 2. The van der Waals surface area contributed by atoms with Crippen LogP contribution in [0, 0.1) is 0 Å². The van der Waals surface area contributed by atoms with E-state index in [-0.39, 0.29) is 16.3 Å². The Bertz CT molecular complexity index is 477. The fourth-order valence-corrected chi connectivity index (χ4v) is 1.54. The fraction of sp³-hybridized carbons (Fsp3) is 0.300. The molecule has 18 heavy (non-hydrogen) atoms. The molecule has 0 aliphatic carbocycles. The smallest absolute Gasteiger partial charge is 0.356 e. The summed E-state index contributed by atoms with van der Waals surface area (Å²) in [7, 11) is 0. The minimum atomic E-state index is -1.53. The molecule has 1 aromatic heterocycles. The average Bonchev–Trinajstić information content (AvgIpc) is 2.26. The van der Waals surface area contributed by atoms with Crippen LogP contribution in [-0.4, -0.2) is 43.5 Å². The van der Waals surface area contributed by atoms with Gasteiger partial charge < -0.3 is 20.4 Å². The van der Waals surface area contributed by atoms with Gasteiger partial charge in [-0.2, -0.15) is 0 Å². The maximum absolute atomic E-state index is 10.6. The molecule has 0 aromatic carbocycles. The van der Waals surface area contributed by atoms with Crippen LogP contribution in [0.2, 0.25) is 5.02 Å². The highest BCUT2D eigenvalue weighted by Crippen LogP contribution is 2.23. The first-order valence-electron chi connectivity index (χ1n) is 4.79. The van der Waals surface area contributed by atoms with E-state index < -0.39 is 30.6 Å². The number of hydrogen-bond donors (Lipinski definition) is 4. The zero-order chi connectivity index (χ0) is 13.9. The molecule has 7 nitrogen and oxygen atoms in total. The van der Waals surface area contributed by atoms with Gasteiger partial charge in [0.05, 0.1) is 17.5 Å². The summed E-state index contributed by atoms with van der Waals surface area (Å²) in [6.45, 7) is 0. The Morgan fingerprint density at radius 3 is 2.39 bits per heavy atom. The highest BCUT2D eigenvalue weighted by atomic mass is 35.5. The van der Waals surface area contributed by atoms with Crippen LogP contribution in [0.15, 0.2) is 12.3 Å². The Balaban J connectivity index is 2.93. The maximum Gasteiger partial charge on any atom is 0.356 e. The van der Waals surface area contributed by atoms with Gasteiger partial charge in [-0.1, -0.05) is 11.6 Å². The molecule has 0 saturated heterocycles. The van der Waals surface area contributed by atoms with Gasteiger partial charge in [-0.3, -0.25) is 4.79 Å². The van der Waals surface area contributed by atoms with E-state index in [1.54, 1.807) is 0 Å². The second-order valence-corrected chi connectivity index (χ2v) is 3.92. The number of halogens is 1. The third kappa shape index (κ3) is 3.39. The van der Waals surface area contributed by atoms with Crippen LogP contribution in [0.4, 0.5) is 0 Å². The lowest BCUT2D eigenvalue weighted by atomic mass is 10.0. The van der Waals surface area contributed by atoms with E-state index in [0.29, 0.717) is 0 Å². The monoisotopic (exact) mass is 275 g/mol. The quantitative estimate of drug-likeness (QED) is 0.608. The number of aromatic nitrogens is 1. The van der Waals surface area contributed by atoms with E-state index in [9.17, 15) is 19.8 Å². The predicted molar refractivity (Wildman–Crippen MR) is 59.4 cm³/mol. The Hall–Kier alpha value is -1.70. The van der Waals surface area contributed by atoms with Crippen LogP contribution < -0.4 is 0 Å². The molecule has 2 unspecified atom stereocenters. The van der Waals surface area contributed by atoms with Crippen molar-refractivity contribution < 1.29 is 30.0 Å². The number of pyridine rings is 1. The van der Waals surface area contributed by atoms with E-state index in [1.165, 1.54) is 0 Å². The fourth-order valence-electron chi connectivity index (χ4n) is 1.28. The molecule has 8 heteroatoms. The summed E-state index contributed by atoms with van der Waals surface area (Å²) in [6, 6.07) is 1.12. The standard InChI is InChI=1S/C10H10ClNO6/c11-5-1-4(3-12-8(5)10(17)18)9(16)6(13)2-7(14)15/h1,3,6,9,13,16H,2H2,(H,14,15)(H,17,18). The highest BCUT2D eigenvalue weighted by molar-refractivity contribution is 6.33. The average molecular weight is 276 g/mol. The van der Waals surface area contributed by atoms with Gasteiger partial charge in [0.15, 0.2) is 5.69 Å². The molecule has 0 aliphatic rings. The van der Waals surface area contributed by atoms with Gasteiger partial charge in [-0.05, 0) is 6.07 Å². The number of carboxylic acids is 2. The summed E-state index contributed by atoms with van der Waals surface area (Å²) in [5, 5.41) is 36.0. The second-order valence-electron chi connectivity index (χ2n) is 3.51. The lowest BCUT2D eigenvalue weighted by Crippen LogP contribution is -2.22. The van der Waals surface area contributed by atoms with E-state index in [4.69, 9.17) is 21.8 Å². The van der Waals surface area contributed by atoms with Crippen molar-refractivity contribution in [1.29, 1.82) is 0 Å². The van der Waals surface area contributed by atoms with Crippen molar-refractivity contribution in [2.24, 2.45) is 0 Å². The number of aliphatic carboxylic acids is 1. The molecule has 98 valence electrons. The topological polar surface area (TPSA) is 128 Å². The largest absolute Gasteiger partial charge is 0.481 e. The van der Waals surface area contributed by atoms with Crippen LogP contribution in [-0.2, 0) is 4.79 Å². The summed E-state index contributed by atoms with van der Waals surface area (Å²) in [5.74, 6) is -2.60. The number of aromatic carboxylic acids is 1. The van der Waals surface area contributed by atoms with Crippen LogP contribution in [0.1, 0.15) is 28.6 Å². The Labute approximate surface area is 106 Å². The summed E-state index contributed by atoms with van der Waals surface area (Å²) >= 11 is 5.63. The van der Waals surface area contributed by atoms with E-state index >= 15 is 0 Å². The maximum atomic E-state index is 10.6. The summed E-state index contributed by atoms with van der Waals surface area (Å²) in [4.78, 5) is 24.5. The number of carboxylic acid groups (broad SMARTS) is 2. The van der Waals surface area contributed by atoms with Crippen molar-refractivity contribution in [1.82, 2.24) is 4.98 Å². The third-order valence-electron chi connectivity index (χ3n) is 2.15. The van der Waals surface area contributed by atoms with Gasteiger partial charge in [0, 0.05) is 11.8 Å². The van der Waals surface area contributed by atoms with Crippen LogP contribution in [0.25, 0.3) is 0 Å². The first kappa shape index (κ1) is 14.4. The molecule has 1 heterocycles. The van der Waals surface area contributed by atoms with Crippen LogP contribution in [0.5, 0.6) is 0 Å². The third-order valence-corrected chi connectivity index (χ3v) is 2.44. The van der Waals surface area contributed by atoms with Crippen molar-refractivity contribution >= 4 is 23.5 Å². The highest BCUT2D eigenvalue weighted by Gasteiger charge is 2.23. The molecular weight excluding hydrogens is 266 g/mol. The summed E-state index contributed by atoms with van der Waals surface area (Å²) in [6.07, 6.45) is -2.67. The molecule has 0 amide bonds. The molecule has 4 N–H and O–H groups in total. The number of hydrogen-bond acceptors (Lipinski definition) is 5. The zero-order valence-corrected chi connectivity index (χ0v) is 9.70. The molecule has 1 rings (SSSR count). The lowest BCUT2D eigenvalue weighted by molar-refractivity contribution is -0.141. The van der Waals surface area contributed by atoms with Crippen molar-refractivity contribution in [3.63, 3.8) is 0 Å². The van der Waals surface area contributed by atoms with Gasteiger partial charge in [-0.15, -0.1) is 0 Å².